The van der Waals surface area contributed by atoms with Crippen molar-refractivity contribution in [3.05, 3.63) is 106 Å². The van der Waals surface area contributed by atoms with Crippen molar-refractivity contribution in [2.24, 2.45) is 0 Å². The third-order valence-corrected chi connectivity index (χ3v) is 6.03. The molecule has 1 aliphatic heterocycles. The summed E-state index contributed by atoms with van der Waals surface area (Å²) >= 11 is 6.58. The van der Waals surface area contributed by atoms with Gasteiger partial charge >= 0.3 is 5.97 Å². The summed E-state index contributed by atoms with van der Waals surface area (Å²) < 4.78 is 0. The Hall–Kier alpha value is -3.90. The van der Waals surface area contributed by atoms with Crippen molar-refractivity contribution in [3.63, 3.8) is 0 Å². The van der Waals surface area contributed by atoms with Crippen LogP contribution in [0.4, 0.5) is 5.69 Å². The number of aromatic carboxylic acids is 1. The van der Waals surface area contributed by atoms with E-state index in [1.54, 1.807) is 23.1 Å². The minimum absolute atomic E-state index is 0.148. The number of nitrogens with zero attached hydrogens (tertiary/aromatic N) is 2. The number of H-pyrrole nitrogens is 1. The number of aromatic nitrogens is 2. The van der Waals surface area contributed by atoms with Gasteiger partial charge in [-0.3, -0.25) is 14.8 Å². The van der Waals surface area contributed by atoms with Crippen LogP contribution in [-0.4, -0.2) is 27.2 Å². The van der Waals surface area contributed by atoms with Crippen molar-refractivity contribution >= 4 is 29.2 Å². The lowest BCUT2D eigenvalue weighted by atomic mass is 9.95. The fourth-order valence-electron chi connectivity index (χ4n) is 4.10. The zero-order chi connectivity index (χ0) is 22.4. The molecule has 0 fully saturated rings. The number of fused-ring (bicyclic) bond motifs is 1. The van der Waals surface area contributed by atoms with Crippen molar-refractivity contribution < 1.29 is 14.7 Å². The molecular weight excluding hydrogens is 426 g/mol. The summed E-state index contributed by atoms with van der Waals surface area (Å²) in [7, 11) is 0. The molecule has 1 amide bonds. The number of nitrogens with one attached hydrogen (secondary N) is 1. The third-order valence-electron chi connectivity index (χ3n) is 5.69. The maximum atomic E-state index is 13.5. The summed E-state index contributed by atoms with van der Waals surface area (Å²) in [5, 5.41) is 17.2. The third kappa shape index (κ3) is 3.16. The molecule has 0 aliphatic carbocycles. The van der Waals surface area contributed by atoms with E-state index in [9.17, 15) is 14.7 Å². The predicted octanol–water partition coefficient (Wildman–Crippen LogP) is 5.49. The van der Waals surface area contributed by atoms with Crippen molar-refractivity contribution in [1.82, 2.24) is 10.2 Å². The van der Waals surface area contributed by atoms with E-state index in [2.05, 4.69) is 10.2 Å². The zero-order valence-corrected chi connectivity index (χ0v) is 17.8. The summed E-state index contributed by atoms with van der Waals surface area (Å²) in [6, 6.07) is 21.1. The Morgan fingerprint density at radius 3 is 2.38 bits per heavy atom. The molecule has 32 heavy (non-hydrogen) atoms. The minimum atomic E-state index is -1.02. The highest BCUT2D eigenvalue weighted by molar-refractivity contribution is 6.31. The van der Waals surface area contributed by atoms with Gasteiger partial charge in [0.15, 0.2) is 0 Å². The summed E-state index contributed by atoms with van der Waals surface area (Å²) in [6.45, 7) is 2.01. The van der Waals surface area contributed by atoms with Crippen molar-refractivity contribution in [2.75, 3.05) is 4.90 Å². The van der Waals surface area contributed by atoms with Crippen molar-refractivity contribution in [1.29, 1.82) is 0 Å². The smallest absolute Gasteiger partial charge is 0.335 e. The average Bonchev–Trinajstić information content (AvgIpc) is 3.34. The Bertz CT molecular complexity index is 1340. The fraction of sp³-hybridized carbons (Fsp3) is 0.0800. The second-order valence-corrected chi connectivity index (χ2v) is 8.09. The number of amides is 1. The number of anilines is 1. The monoisotopic (exact) mass is 443 g/mol. The van der Waals surface area contributed by atoms with Crippen molar-refractivity contribution in [2.45, 2.75) is 13.0 Å². The SMILES string of the molecule is Cc1ccc(-c2n[nH]c3c2C(c2ccccc2Cl)N(c2ccc(C(=O)O)cc2)C3=O)cc1. The molecule has 1 unspecified atom stereocenters. The molecule has 0 saturated heterocycles. The van der Waals surface area contributed by atoms with Crippen LogP contribution in [0.25, 0.3) is 11.3 Å². The molecule has 0 saturated carbocycles. The van der Waals surface area contributed by atoms with Crippen LogP contribution in [0.2, 0.25) is 5.02 Å². The zero-order valence-electron chi connectivity index (χ0n) is 17.0. The first kappa shape index (κ1) is 20.0. The van der Waals surface area contributed by atoms with Gasteiger partial charge in [0, 0.05) is 21.8 Å². The molecule has 0 radical (unpaired) electrons. The first-order chi connectivity index (χ1) is 15.5. The summed E-state index contributed by atoms with van der Waals surface area (Å²) in [4.78, 5) is 26.4. The Morgan fingerprint density at radius 2 is 1.72 bits per heavy atom. The van der Waals surface area contributed by atoms with E-state index in [-0.39, 0.29) is 11.5 Å². The fourth-order valence-corrected chi connectivity index (χ4v) is 4.34. The molecule has 0 spiro atoms. The molecule has 4 aromatic rings. The van der Waals surface area contributed by atoms with E-state index >= 15 is 0 Å². The number of hydrogen-bond acceptors (Lipinski definition) is 3. The van der Waals surface area contributed by atoms with Gasteiger partial charge < -0.3 is 5.11 Å². The van der Waals surface area contributed by atoms with Crippen LogP contribution in [0.3, 0.4) is 0 Å². The number of carboxylic acid groups (broad SMARTS) is 1. The summed E-state index contributed by atoms with van der Waals surface area (Å²) in [5.74, 6) is -1.28. The molecule has 2 heterocycles. The van der Waals surface area contributed by atoms with Gasteiger partial charge in [-0.2, -0.15) is 5.10 Å². The highest BCUT2D eigenvalue weighted by Gasteiger charge is 2.43. The number of halogens is 1. The summed E-state index contributed by atoms with van der Waals surface area (Å²) in [6.07, 6.45) is 0. The number of benzene rings is 3. The van der Waals surface area contributed by atoms with Crippen LogP contribution in [0.1, 0.15) is 43.6 Å². The average molecular weight is 444 g/mol. The van der Waals surface area contributed by atoms with Gasteiger partial charge in [0.25, 0.3) is 5.91 Å². The second-order valence-electron chi connectivity index (χ2n) is 7.68. The van der Waals surface area contributed by atoms with Gasteiger partial charge in [0.05, 0.1) is 17.3 Å². The Morgan fingerprint density at radius 1 is 1.03 bits per heavy atom. The highest BCUT2D eigenvalue weighted by atomic mass is 35.5. The maximum Gasteiger partial charge on any atom is 0.335 e. The van der Waals surface area contributed by atoms with Crippen LogP contribution >= 0.6 is 11.6 Å². The van der Waals surface area contributed by atoms with Gasteiger partial charge in [0.1, 0.15) is 5.69 Å². The van der Waals surface area contributed by atoms with Gasteiger partial charge in [-0.25, -0.2) is 4.79 Å². The molecule has 1 aromatic heterocycles. The van der Waals surface area contributed by atoms with Crippen molar-refractivity contribution in [3.8, 4) is 11.3 Å². The number of hydrogen-bond donors (Lipinski definition) is 2. The van der Waals surface area contributed by atoms with Crippen LogP contribution in [0, 0.1) is 6.92 Å². The number of rotatable bonds is 4. The van der Waals surface area contributed by atoms with Gasteiger partial charge in [-0.15, -0.1) is 0 Å². The first-order valence-corrected chi connectivity index (χ1v) is 10.4. The van der Waals surface area contributed by atoms with Crippen LogP contribution in [0.15, 0.2) is 72.8 Å². The molecule has 0 bridgehead atoms. The molecule has 3 aromatic carbocycles. The molecule has 5 rings (SSSR count). The van der Waals surface area contributed by atoms with E-state index in [0.717, 1.165) is 22.3 Å². The predicted molar refractivity (Wildman–Crippen MR) is 122 cm³/mol. The standard InChI is InChI=1S/C25H18ClN3O3/c1-14-6-8-15(9-7-14)21-20-22(28-27-21)24(30)29(17-12-10-16(11-13-17)25(31)32)23(20)18-4-2-3-5-19(18)26/h2-13,23H,1H3,(H,27,28)(H,31,32). The quantitative estimate of drug-likeness (QED) is 0.437. The van der Waals surface area contributed by atoms with Gasteiger partial charge in [0.2, 0.25) is 0 Å². The molecule has 2 N–H and O–H groups in total. The lowest BCUT2D eigenvalue weighted by Crippen LogP contribution is -2.29. The molecule has 6 nitrogen and oxygen atoms in total. The number of carbonyl (C=O) groups is 2. The number of carboxylic acids is 1. The van der Waals surface area contributed by atoms with E-state index in [0.29, 0.717) is 22.1 Å². The lowest BCUT2D eigenvalue weighted by molar-refractivity contribution is 0.0696. The molecule has 1 aliphatic rings. The topological polar surface area (TPSA) is 86.3 Å². The lowest BCUT2D eigenvalue weighted by Gasteiger charge is -2.27. The minimum Gasteiger partial charge on any atom is -0.478 e. The number of carbonyl (C=O) groups excluding carboxylic acids is 1. The molecule has 158 valence electrons. The molecule has 7 heteroatoms. The maximum absolute atomic E-state index is 13.5. The number of aromatic amines is 1. The Balaban J connectivity index is 1.71. The van der Waals surface area contributed by atoms with E-state index in [4.69, 9.17) is 11.6 Å². The van der Waals surface area contributed by atoms with E-state index in [1.165, 1.54) is 12.1 Å². The Kier molecular flexibility index (Phi) is 4.79. The highest BCUT2D eigenvalue weighted by Crippen LogP contribution is 2.46. The van der Waals surface area contributed by atoms with Crippen LogP contribution in [0.5, 0.6) is 0 Å². The largest absolute Gasteiger partial charge is 0.478 e. The second kappa shape index (κ2) is 7.66. The first-order valence-electron chi connectivity index (χ1n) is 10.0. The normalized spacial score (nSPS) is 15.1. The van der Waals surface area contributed by atoms with Gasteiger partial charge in [-0.05, 0) is 42.8 Å². The molecular formula is C25H18ClN3O3. The van der Waals surface area contributed by atoms with Crippen LogP contribution in [-0.2, 0) is 0 Å². The van der Waals surface area contributed by atoms with E-state index < -0.39 is 12.0 Å². The number of aryl methyl sites for hydroxylation is 1. The van der Waals surface area contributed by atoms with E-state index in [1.807, 2.05) is 49.4 Å². The van der Waals surface area contributed by atoms with Gasteiger partial charge in [-0.1, -0.05) is 59.6 Å². The van der Waals surface area contributed by atoms with Crippen LogP contribution < -0.4 is 4.90 Å². The molecule has 1 atom stereocenters. The summed E-state index contributed by atoms with van der Waals surface area (Å²) in [5.41, 5.74) is 5.32. The Labute approximate surface area is 189 Å².